The van der Waals surface area contributed by atoms with Crippen molar-refractivity contribution in [2.45, 2.75) is 25.9 Å². The Balaban J connectivity index is 2.61. The molecule has 0 radical (unpaired) electrons. The molecular formula is C11H14Cl3NO2. The number of rotatable bonds is 5. The standard InChI is InChI=1S/C11H14Cl3NO2/c1-11(2,16-3)4-5-17-10-8(13)6-7(12)9(14)15-10/h6H,4-5H2,1-3H3. The number of hydrogen-bond acceptors (Lipinski definition) is 3. The molecule has 1 aromatic heterocycles. The summed E-state index contributed by atoms with van der Waals surface area (Å²) in [5.41, 5.74) is -0.247. The molecule has 96 valence electrons. The van der Waals surface area contributed by atoms with E-state index in [2.05, 4.69) is 4.98 Å². The molecule has 3 nitrogen and oxygen atoms in total. The molecule has 17 heavy (non-hydrogen) atoms. The quantitative estimate of drug-likeness (QED) is 0.762. The molecule has 0 bridgehead atoms. The molecule has 0 aliphatic heterocycles. The second-order valence-electron chi connectivity index (χ2n) is 4.11. The van der Waals surface area contributed by atoms with Gasteiger partial charge in [0.1, 0.15) is 5.02 Å². The van der Waals surface area contributed by atoms with Crippen LogP contribution in [0.2, 0.25) is 15.2 Å². The van der Waals surface area contributed by atoms with Crippen molar-refractivity contribution in [1.29, 1.82) is 0 Å². The first kappa shape index (κ1) is 14.8. The van der Waals surface area contributed by atoms with Gasteiger partial charge in [-0.3, -0.25) is 0 Å². The lowest BCUT2D eigenvalue weighted by molar-refractivity contribution is 0.00510. The molecule has 6 heteroatoms. The number of halogens is 3. The van der Waals surface area contributed by atoms with Crippen molar-refractivity contribution in [3.63, 3.8) is 0 Å². The van der Waals surface area contributed by atoms with Gasteiger partial charge in [-0.25, -0.2) is 0 Å². The lowest BCUT2D eigenvalue weighted by Crippen LogP contribution is -2.25. The maximum atomic E-state index is 5.92. The zero-order valence-corrected chi connectivity index (χ0v) is 12.2. The van der Waals surface area contributed by atoms with Crippen LogP contribution in [0.4, 0.5) is 0 Å². The summed E-state index contributed by atoms with van der Waals surface area (Å²) in [4.78, 5) is 3.96. The van der Waals surface area contributed by atoms with E-state index in [1.165, 1.54) is 6.07 Å². The van der Waals surface area contributed by atoms with Crippen molar-refractivity contribution >= 4 is 34.8 Å². The highest BCUT2D eigenvalue weighted by Crippen LogP contribution is 2.30. The maximum absolute atomic E-state index is 5.92. The van der Waals surface area contributed by atoms with Gasteiger partial charge in [0.25, 0.3) is 0 Å². The molecule has 0 amide bonds. The molecule has 1 aromatic rings. The summed E-state index contributed by atoms with van der Waals surface area (Å²) in [6.45, 7) is 4.38. The van der Waals surface area contributed by atoms with Crippen LogP contribution >= 0.6 is 34.8 Å². The third-order valence-electron chi connectivity index (χ3n) is 2.35. The Labute approximate surface area is 116 Å². The van der Waals surface area contributed by atoms with Crippen molar-refractivity contribution in [2.24, 2.45) is 0 Å². The van der Waals surface area contributed by atoms with Crippen molar-refractivity contribution < 1.29 is 9.47 Å². The van der Waals surface area contributed by atoms with Crippen LogP contribution in [0.5, 0.6) is 5.88 Å². The lowest BCUT2D eigenvalue weighted by atomic mass is 10.1. The van der Waals surface area contributed by atoms with Crippen molar-refractivity contribution in [2.75, 3.05) is 13.7 Å². The van der Waals surface area contributed by atoms with E-state index in [0.29, 0.717) is 23.1 Å². The SMILES string of the molecule is COC(C)(C)CCOc1nc(Cl)c(Cl)cc1Cl. The topological polar surface area (TPSA) is 31.4 Å². The fourth-order valence-electron chi connectivity index (χ4n) is 1.03. The van der Waals surface area contributed by atoms with Crippen LogP contribution in [0.1, 0.15) is 20.3 Å². The van der Waals surface area contributed by atoms with Gasteiger partial charge in [0.2, 0.25) is 5.88 Å². The third kappa shape index (κ3) is 4.51. The van der Waals surface area contributed by atoms with E-state index >= 15 is 0 Å². The van der Waals surface area contributed by atoms with Crippen LogP contribution in [-0.4, -0.2) is 24.3 Å². The first-order valence-corrected chi connectivity index (χ1v) is 6.18. The van der Waals surface area contributed by atoms with Gasteiger partial charge in [0.05, 0.1) is 17.2 Å². The van der Waals surface area contributed by atoms with Crippen LogP contribution in [0.15, 0.2) is 6.07 Å². The monoisotopic (exact) mass is 297 g/mol. The van der Waals surface area contributed by atoms with E-state index in [1.807, 2.05) is 13.8 Å². The van der Waals surface area contributed by atoms with Gasteiger partial charge < -0.3 is 9.47 Å². The van der Waals surface area contributed by atoms with Gasteiger partial charge in [0.15, 0.2) is 5.15 Å². The summed E-state index contributed by atoms with van der Waals surface area (Å²) in [5, 5.41) is 0.827. The van der Waals surface area contributed by atoms with E-state index in [9.17, 15) is 0 Å². The Morgan fingerprint density at radius 1 is 1.24 bits per heavy atom. The van der Waals surface area contributed by atoms with Crippen LogP contribution in [0, 0.1) is 0 Å². The first-order valence-electron chi connectivity index (χ1n) is 5.05. The first-order chi connectivity index (χ1) is 7.85. The van der Waals surface area contributed by atoms with E-state index in [0.717, 1.165) is 0 Å². The Bertz CT molecular complexity index is 397. The molecular weight excluding hydrogens is 284 g/mol. The van der Waals surface area contributed by atoms with Gasteiger partial charge in [-0.05, 0) is 19.9 Å². The smallest absolute Gasteiger partial charge is 0.234 e. The fraction of sp³-hybridized carbons (Fsp3) is 0.545. The molecule has 0 N–H and O–H groups in total. The average molecular weight is 299 g/mol. The summed E-state index contributed by atoms with van der Waals surface area (Å²) < 4.78 is 10.7. The number of methoxy groups -OCH3 is 1. The molecule has 0 spiro atoms. The highest BCUT2D eigenvalue weighted by Gasteiger charge is 2.17. The minimum absolute atomic E-state index is 0.178. The average Bonchev–Trinajstić information content (AvgIpc) is 2.25. The zero-order chi connectivity index (χ0) is 13.1. The normalized spacial score (nSPS) is 11.6. The van der Waals surface area contributed by atoms with Crippen LogP contribution in [0.25, 0.3) is 0 Å². The Hall–Kier alpha value is -0.220. The highest BCUT2D eigenvalue weighted by atomic mass is 35.5. The molecule has 1 heterocycles. The van der Waals surface area contributed by atoms with E-state index in [1.54, 1.807) is 7.11 Å². The molecule has 1 rings (SSSR count). The second-order valence-corrected chi connectivity index (χ2v) is 5.28. The lowest BCUT2D eigenvalue weighted by Gasteiger charge is -2.22. The molecule has 0 saturated carbocycles. The predicted molar refractivity (Wildman–Crippen MR) is 70.5 cm³/mol. The van der Waals surface area contributed by atoms with Crippen LogP contribution in [-0.2, 0) is 4.74 Å². The van der Waals surface area contributed by atoms with E-state index in [4.69, 9.17) is 44.3 Å². The summed E-state index contributed by atoms with van der Waals surface area (Å²) in [6.07, 6.45) is 0.710. The number of ether oxygens (including phenoxy) is 2. The van der Waals surface area contributed by atoms with Crippen molar-refractivity contribution in [3.05, 3.63) is 21.3 Å². The molecule has 0 atom stereocenters. The Kier molecular flexibility index (Phi) is 5.32. The second kappa shape index (κ2) is 6.10. The molecule has 0 aliphatic carbocycles. The molecule has 0 aromatic carbocycles. The molecule has 0 unspecified atom stereocenters. The van der Waals surface area contributed by atoms with Crippen molar-refractivity contribution in [3.8, 4) is 5.88 Å². The summed E-state index contributed by atoms with van der Waals surface area (Å²) in [5.74, 6) is 0.285. The number of aromatic nitrogens is 1. The largest absolute Gasteiger partial charge is 0.476 e. The minimum atomic E-state index is -0.247. The molecule has 0 fully saturated rings. The van der Waals surface area contributed by atoms with Gasteiger partial charge in [0, 0.05) is 13.5 Å². The summed E-state index contributed by atoms with van der Waals surface area (Å²) in [7, 11) is 1.66. The minimum Gasteiger partial charge on any atom is -0.476 e. The fourth-order valence-corrected chi connectivity index (χ4v) is 1.57. The van der Waals surface area contributed by atoms with Gasteiger partial charge in [-0.2, -0.15) is 4.98 Å². The van der Waals surface area contributed by atoms with Crippen LogP contribution in [0.3, 0.4) is 0 Å². The van der Waals surface area contributed by atoms with E-state index in [-0.39, 0.29) is 16.6 Å². The van der Waals surface area contributed by atoms with E-state index < -0.39 is 0 Å². The van der Waals surface area contributed by atoms with Crippen LogP contribution < -0.4 is 4.74 Å². The summed E-state index contributed by atoms with van der Waals surface area (Å²) >= 11 is 17.5. The van der Waals surface area contributed by atoms with Gasteiger partial charge in [-0.15, -0.1) is 0 Å². The van der Waals surface area contributed by atoms with Crippen molar-refractivity contribution in [1.82, 2.24) is 4.98 Å². The number of nitrogens with zero attached hydrogens (tertiary/aromatic N) is 1. The molecule has 0 saturated heterocycles. The van der Waals surface area contributed by atoms with Gasteiger partial charge >= 0.3 is 0 Å². The molecule has 0 aliphatic rings. The number of pyridine rings is 1. The van der Waals surface area contributed by atoms with Gasteiger partial charge in [-0.1, -0.05) is 34.8 Å². The Morgan fingerprint density at radius 2 is 1.88 bits per heavy atom. The highest BCUT2D eigenvalue weighted by molar-refractivity contribution is 6.42. The third-order valence-corrected chi connectivity index (χ3v) is 3.29. The summed E-state index contributed by atoms with van der Waals surface area (Å²) in [6, 6.07) is 1.51. The Morgan fingerprint density at radius 3 is 2.47 bits per heavy atom. The predicted octanol–water partition coefficient (Wildman–Crippen LogP) is 4.24. The zero-order valence-electron chi connectivity index (χ0n) is 9.89. The maximum Gasteiger partial charge on any atom is 0.234 e. The number of hydrogen-bond donors (Lipinski definition) is 0.